The molecule has 1 heterocycles. The number of hydrogen-bond donors (Lipinski definition) is 3. The van der Waals surface area contributed by atoms with Crippen LogP contribution in [0.5, 0.6) is 0 Å². The minimum absolute atomic E-state index is 0.116. The van der Waals surface area contributed by atoms with Crippen molar-refractivity contribution in [3.63, 3.8) is 0 Å². The van der Waals surface area contributed by atoms with E-state index in [4.69, 9.17) is 10.8 Å². The van der Waals surface area contributed by atoms with Gasteiger partial charge in [0.05, 0.1) is 12.1 Å². The minimum Gasteiger partial charge on any atom is -0.478 e. The van der Waals surface area contributed by atoms with E-state index < -0.39 is 5.97 Å². The Hall–Kier alpha value is -2.08. The fourth-order valence-electron chi connectivity index (χ4n) is 1.53. The summed E-state index contributed by atoms with van der Waals surface area (Å²) < 4.78 is 0. The number of carboxylic acids is 1. The smallest absolute Gasteiger partial charge is 0.337 e. The molecule has 2 aromatic rings. The van der Waals surface area contributed by atoms with Gasteiger partial charge in [0, 0.05) is 22.4 Å². The second-order valence-corrected chi connectivity index (χ2v) is 5.14. The zero-order valence-electron chi connectivity index (χ0n) is 9.80. The summed E-state index contributed by atoms with van der Waals surface area (Å²) in [5, 5.41) is 13.0. The van der Waals surface area contributed by atoms with Crippen molar-refractivity contribution >= 4 is 28.7 Å². The normalized spacial score (nSPS) is 10.3. The lowest BCUT2D eigenvalue weighted by Gasteiger charge is -2.07. The van der Waals surface area contributed by atoms with Crippen molar-refractivity contribution in [2.45, 2.75) is 13.5 Å². The summed E-state index contributed by atoms with van der Waals surface area (Å²) in [6, 6.07) is 4.80. The molecule has 0 aliphatic carbocycles. The molecule has 2 rings (SSSR count). The molecule has 0 unspecified atom stereocenters. The lowest BCUT2D eigenvalue weighted by molar-refractivity contribution is 0.0698. The van der Waals surface area contributed by atoms with Crippen LogP contribution in [0.25, 0.3) is 0 Å². The van der Waals surface area contributed by atoms with Crippen molar-refractivity contribution < 1.29 is 9.90 Å². The molecule has 5 nitrogen and oxygen atoms in total. The Morgan fingerprint density at radius 2 is 2.33 bits per heavy atom. The second kappa shape index (κ2) is 5.05. The maximum atomic E-state index is 10.8. The first-order valence-electron chi connectivity index (χ1n) is 5.34. The molecular formula is C12H13N3O2S. The van der Waals surface area contributed by atoms with Crippen molar-refractivity contribution in [1.82, 2.24) is 4.98 Å². The quantitative estimate of drug-likeness (QED) is 0.737. The summed E-state index contributed by atoms with van der Waals surface area (Å²) in [4.78, 5) is 16.2. The van der Waals surface area contributed by atoms with Crippen LogP contribution in [0.15, 0.2) is 24.4 Å². The summed E-state index contributed by atoms with van der Waals surface area (Å²) in [6.45, 7) is 2.60. The van der Waals surface area contributed by atoms with Gasteiger partial charge in [-0.3, -0.25) is 0 Å². The first-order valence-corrected chi connectivity index (χ1v) is 6.16. The average Bonchev–Trinajstić information content (AvgIpc) is 2.72. The predicted octanol–water partition coefficient (Wildman–Crippen LogP) is 2.34. The van der Waals surface area contributed by atoms with Crippen LogP contribution in [0.2, 0.25) is 0 Å². The lowest BCUT2D eigenvalue weighted by atomic mass is 10.1. The van der Waals surface area contributed by atoms with E-state index in [0.29, 0.717) is 6.54 Å². The fourth-order valence-corrected chi connectivity index (χ4v) is 2.26. The maximum absolute atomic E-state index is 10.8. The van der Waals surface area contributed by atoms with E-state index in [1.807, 2.05) is 13.1 Å². The van der Waals surface area contributed by atoms with Crippen LogP contribution in [0, 0.1) is 6.92 Å². The monoisotopic (exact) mass is 263 g/mol. The third-order valence-corrected chi connectivity index (χ3v) is 3.31. The van der Waals surface area contributed by atoms with Crippen molar-refractivity contribution in [2.75, 3.05) is 11.1 Å². The molecule has 0 fully saturated rings. The fraction of sp³-hybridized carbons (Fsp3) is 0.167. The molecular weight excluding hydrogens is 250 g/mol. The Labute approximate surface area is 108 Å². The highest BCUT2D eigenvalue weighted by molar-refractivity contribution is 7.11. The van der Waals surface area contributed by atoms with Crippen LogP contribution in [0.1, 0.15) is 20.2 Å². The number of nitrogen functional groups attached to an aromatic ring is 1. The number of carbonyl (C=O) groups is 1. The van der Waals surface area contributed by atoms with Gasteiger partial charge in [0.2, 0.25) is 0 Å². The molecule has 0 atom stereocenters. The number of nitrogens with one attached hydrogen (secondary N) is 1. The van der Waals surface area contributed by atoms with Crippen molar-refractivity contribution in [2.24, 2.45) is 0 Å². The molecule has 4 N–H and O–H groups in total. The van der Waals surface area contributed by atoms with Gasteiger partial charge in [0.15, 0.2) is 0 Å². The number of aromatic carboxylic acids is 1. The number of nitrogens with zero attached hydrogens (tertiary/aromatic N) is 1. The molecule has 1 aromatic carbocycles. The molecule has 0 amide bonds. The lowest BCUT2D eigenvalue weighted by Crippen LogP contribution is -2.04. The molecule has 0 saturated heterocycles. The molecule has 0 bridgehead atoms. The van der Waals surface area contributed by atoms with Crippen molar-refractivity contribution in [3.8, 4) is 0 Å². The Morgan fingerprint density at radius 1 is 1.56 bits per heavy atom. The van der Waals surface area contributed by atoms with Gasteiger partial charge in [-0.25, -0.2) is 9.78 Å². The minimum atomic E-state index is -1.02. The molecule has 0 saturated carbocycles. The van der Waals surface area contributed by atoms with Crippen LogP contribution in [-0.4, -0.2) is 16.1 Å². The largest absolute Gasteiger partial charge is 0.478 e. The first kappa shape index (κ1) is 12.4. The number of nitrogens with two attached hydrogens (primary N) is 1. The van der Waals surface area contributed by atoms with Crippen molar-refractivity contribution in [3.05, 3.63) is 39.8 Å². The summed E-state index contributed by atoms with van der Waals surface area (Å²) in [6.07, 6.45) is 1.82. The number of anilines is 2. The van der Waals surface area contributed by atoms with Gasteiger partial charge in [0.1, 0.15) is 5.01 Å². The van der Waals surface area contributed by atoms with E-state index in [1.54, 1.807) is 23.5 Å². The number of hydrogen-bond acceptors (Lipinski definition) is 5. The summed E-state index contributed by atoms with van der Waals surface area (Å²) in [5.41, 5.74) is 6.81. The topological polar surface area (TPSA) is 88.2 Å². The van der Waals surface area contributed by atoms with Crippen LogP contribution in [0.3, 0.4) is 0 Å². The SMILES string of the molecule is Cc1cnc(CNc2ccc(C(=O)O)c(N)c2)s1. The van der Waals surface area contributed by atoms with Crippen LogP contribution < -0.4 is 11.1 Å². The number of thiazole rings is 1. The molecule has 6 heteroatoms. The zero-order valence-corrected chi connectivity index (χ0v) is 10.6. The van der Waals surface area contributed by atoms with E-state index in [0.717, 1.165) is 15.6 Å². The van der Waals surface area contributed by atoms with Crippen LogP contribution in [0.4, 0.5) is 11.4 Å². The summed E-state index contributed by atoms with van der Waals surface area (Å²) in [5.74, 6) is -1.02. The van der Waals surface area contributed by atoms with Crippen LogP contribution in [-0.2, 0) is 6.54 Å². The third-order valence-electron chi connectivity index (χ3n) is 2.39. The molecule has 0 aliphatic heterocycles. The molecule has 1 aromatic heterocycles. The van der Waals surface area contributed by atoms with E-state index in [-0.39, 0.29) is 11.3 Å². The van der Waals surface area contributed by atoms with Gasteiger partial charge in [-0.05, 0) is 25.1 Å². The van der Waals surface area contributed by atoms with E-state index in [1.165, 1.54) is 6.07 Å². The van der Waals surface area contributed by atoms with Gasteiger partial charge >= 0.3 is 5.97 Å². The van der Waals surface area contributed by atoms with Gasteiger partial charge < -0.3 is 16.2 Å². The third kappa shape index (κ3) is 2.78. The van der Waals surface area contributed by atoms with Gasteiger partial charge in [0.25, 0.3) is 0 Å². The number of rotatable bonds is 4. The van der Waals surface area contributed by atoms with Crippen molar-refractivity contribution in [1.29, 1.82) is 0 Å². The van der Waals surface area contributed by atoms with E-state index in [9.17, 15) is 4.79 Å². The van der Waals surface area contributed by atoms with E-state index >= 15 is 0 Å². The highest BCUT2D eigenvalue weighted by atomic mass is 32.1. The first-order chi connectivity index (χ1) is 8.56. The molecule has 94 valence electrons. The highest BCUT2D eigenvalue weighted by Crippen LogP contribution is 2.19. The number of benzene rings is 1. The zero-order chi connectivity index (χ0) is 13.1. The average molecular weight is 263 g/mol. The predicted molar refractivity (Wildman–Crippen MR) is 72.0 cm³/mol. The second-order valence-electron chi connectivity index (χ2n) is 3.83. The molecule has 0 radical (unpaired) electrons. The highest BCUT2D eigenvalue weighted by Gasteiger charge is 2.08. The maximum Gasteiger partial charge on any atom is 0.337 e. The Bertz CT molecular complexity index is 580. The number of aromatic nitrogens is 1. The van der Waals surface area contributed by atoms with Gasteiger partial charge in [-0.2, -0.15) is 0 Å². The molecule has 0 spiro atoms. The van der Waals surface area contributed by atoms with Crippen LogP contribution >= 0.6 is 11.3 Å². The number of carboxylic acid groups (broad SMARTS) is 1. The standard InChI is InChI=1S/C12H13N3O2S/c1-7-5-15-11(18-7)6-14-8-2-3-9(12(16)17)10(13)4-8/h2-5,14H,6,13H2,1H3,(H,16,17). The van der Waals surface area contributed by atoms with Gasteiger partial charge in [-0.15, -0.1) is 11.3 Å². The Kier molecular flexibility index (Phi) is 3.47. The van der Waals surface area contributed by atoms with Gasteiger partial charge in [-0.1, -0.05) is 0 Å². The Morgan fingerprint density at radius 3 is 2.89 bits per heavy atom. The number of aryl methyl sites for hydroxylation is 1. The van der Waals surface area contributed by atoms with E-state index in [2.05, 4.69) is 10.3 Å². The molecule has 0 aliphatic rings. The summed E-state index contributed by atoms with van der Waals surface area (Å²) in [7, 11) is 0. The molecule has 18 heavy (non-hydrogen) atoms. The Balaban J connectivity index is 2.06. The summed E-state index contributed by atoms with van der Waals surface area (Å²) >= 11 is 1.62.